The maximum atomic E-state index is 6.07. The van der Waals surface area contributed by atoms with Crippen LogP contribution in [0.5, 0.6) is 5.75 Å². The van der Waals surface area contributed by atoms with Gasteiger partial charge in [0, 0.05) is 39.3 Å². The Hall–Kier alpha value is -2.50. The fourth-order valence-electron chi connectivity index (χ4n) is 3.74. The molecular formula is C22H33N5O. The van der Waals surface area contributed by atoms with Crippen molar-refractivity contribution in [1.82, 2.24) is 20.0 Å². The lowest BCUT2D eigenvalue weighted by Gasteiger charge is -2.24. The molecule has 28 heavy (non-hydrogen) atoms. The molecule has 1 aromatic carbocycles. The smallest absolute Gasteiger partial charge is 0.193 e. The Morgan fingerprint density at radius 2 is 2.11 bits per heavy atom. The highest BCUT2D eigenvalue weighted by Gasteiger charge is 2.26. The van der Waals surface area contributed by atoms with Crippen LogP contribution in [0.25, 0.3) is 0 Å². The van der Waals surface area contributed by atoms with Crippen LogP contribution in [-0.2, 0) is 12.5 Å². The lowest BCUT2D eigenvalue weighted by Crippen LogP contribution is -2.41. The number of nitrogens with zero attached hydrogens (tertiary/aromatic N) is 4. The predicted molar refractivity (Wildman–Crippen MR) is 114 cm³/mol. The molecule has 2 heterocycles. The molecular weight excluding hydrogens is 350 g/mol. The van der Waals surface area contributed by atoms with Gasteiger partial charge < -0.3 is 15.0 Å². The molecule has 1 saturated heterocycles. The third-order valence-corrected chi connectivity index (χ3v) is 5.23. The first-order chi connectivity index (χ1) is 13.4. The molecule has 1 unspecified atom stereocenters. The zero-order valence-corrected chi connectivity index (χ0v) is 17.8. The van der Waals surface area contributed by atoms with Gasteiger partial charge in [-0.3, -0.25) is 9.67 Å². The summed E-state index contributed by atoms with van der Waals surface area (Å²) < 4.78 is 7.94. The van der Waals surface area contributed by atoms with E-state index in [1.165, 1.54) is 11.1 Å². The summed E-state index contributed by atoms with van der Waals surface area (Å²) >= 11 is 0. The fourth-order valence-corrected chi connectivity index (χ4v) is 3.74. The summed E-state index contributed by atoms with van der Waals surface area (Å²) in [6, 6.07) is 8.29. The Bertz CT molecular complexity index is 805. The third-order valence-electron chi connectivity index (χ3n) is 5.23. The highest BCUT2D eigenvalue weighted by atomic mass is 16.5. The molecule has 152 valence electrons. The standard InChI is InChI=1S/C22H33N5O/c1-22(2,3)19-8-6-7-9-20(19)28-13-11-24-21(23-4)27-12-10-17(16-27)18-14-25-26(5)15-18/h6-9,14-15,17H,10-13,16H2,1-5H3,(H,23,24). The second-order valence-corrected chi connectivity index (χ2v) is 8.45. The number of hydrogen-bond acceptors (Lipinski definition) is 3. The summed E-state index contributed by atoms with van der Waals surface area (Å²) in [6.07, 6.45) is 5.22. The number of aryl methyl sites for hydroxylation is 1. The third kappa shape index (κ3) is 4.86. The van der Waals surface area contributed by atoms with Gasteiger partial charge in [0.05, 0.1) is 12.7 Å². The van der Waals surface area contributed by atoms with Crippen molar-refractivity contribution in [2.75, 3.05) is 33.3 Å². The molecule has 3 rings (SSSR count). The van der Waals surface area contributed by atoms with Crippen molar-refractivity contribution < 1.29 is 4.74 Å². The quantitative estimate of drug-likeness (QED) is 0.490. The maximum Gasteiger partial charge on any atom is 0.193 e. The molecule has 1 aliphatic rings. The number of para-hydroxylation sites is 1. The maximum absolute atomic E-state index is 6.07. The molecule has 1 N–H and O–H groups in total. The SMILES string of the molecule is CN=C(NCCOc1ccccc1C(C)(C)C)N1CCC(c2cnn(C)c2)C1. The van der Waals surface area contributed by atoms with E-state index in [0.717, 1.165) is 37.8 Å². The number of ether oxygens (including phenoxy) is 1. The van der Waals surface area contributed by atoms with Gasteiger partial charge >= 0.3 is 0 Å². The number of nitrogens with one attached hydrogen (secondary N) is 1. The highest BCUT2D eigenvalue weighted by Crippen LogP contribution is 2.31. The van der Waals surface area contributed by atoms with Crippen molar-refractivity contribution in [3.8, 4) is 5.75 Å². The van der Waals surface area contributed by atoms with Gasteiger partial charge in [-0.1, -0.05) is 39.0 Å². The summed E-state index contributed by atoms with van der Waals surface area (Å²) in [5, 5.41) is 7.75. The molecule has 2 aromatic rings. The molecule has 1 aromatic heterocycles. The van der Waals surface area contributed by atoms with E-state index in [4.69, 9.17) is 4.74 Å². The second kappa shape index (κ2) is 8.67. The Morgan fingerprint density at radius 3 is 2.79 bits per heavy atom. The summed E-state index contributed by atoms with van der Waals surface area (Å²) in [6.45, 7) is 9.93. The molecule has 6 nitrogen and oxygen atoms in total. The van der Waals surface area contributed by atoms with Crippen LogP contribution in [0.1, 0.15) is 44.2 Å². The minimum Gasteiger partial charge on any atom is -0.491 e. The number of aliphatic imine (C=N–C) groups is 1. The number of rotatable bonds is 5. The number of likely N-dealkylation sites (tertiary alicyclic amines) is 1. The van der Waals surface area contributed by atoms with Crippen LogP contribution < -0.4 is 10.1 Å². The molecule has 0 amide bonds. The zero-order valence-electron chi connectivity index (χ0n) is 17.8. The molecule has 1 fully saturated rings. The van der Waals surface area contributed by atoms with Crippen molar-refractivity contribution in [1.29, 1.82) is 0 Å². The van der Waals surface area contributed by atoms with Crippen LogP contribution in [0, 0.1) is 0 Å². The van der Waals surface area contributed by atoms with Gasteiger partial charge in [0.15, 0.2) is 5.96 Å². The monoisotopic (exact) mass is 383 g/mol. The topological polar surface area (TPSA) is 54.7 Å². The van der Waals surface area contributed by atoms with Gasteiger partial charge in [-0.25, -0.2) is 0 Å². The average Bonchev–Trinajstić information content (AvgIpc) is 3.30. The van der Waals surface area contributed by atoms with Crippen LogP contribution in [-0.4, -0.2) is 53.9 Å². The first kappa shape index (κ1) is 20.2. The Balaban J connectivity index is 1.49. The van der Waals surface area contributed by atoms with Gasteiger partial charge in [0.1, 0.15) is 12.4 Å². The number of aromatic nitrogens is 2. The van der Waals surface area contributed by atoms with E-state index < -0.39 is 0 Å². The molecule has 1 atom stereocenters. The average molecular weight is 384 g/mol. The molecule has 0 bridgehead atoms. The number of benzene rings is 1. The van der Waals surface area contributed by atoms with E-state index >= 15 is 0 Å². The van der Waals surface area contributed by atoms with Crippen LogP contribution in [0.15, 0.2) is 41.7 Å². The van der Waals surface area contributed by atoms with Crippen LogP contribution in [0.3, 0.4) is 0 Å². The number of guanidine groups is 1. The minimum absolute atomic E-state index is 0.0664. The van der Waals surface area contributed by atoms with Gasteiger partial charge in [0.2, 0.25) is 0 Å². The molecule has 0 saturated carbocycles. The van der Waals surface area contributed by atoms with Crippen molar-refractivity contribution in [3.05, 3.63) is 47.8 Å². The lowest BCUT2D eigenvalue weighted by molar-refractivity contribution is 0.310. The van der Waals surface area contributed by atoms with Crippen LogP contribution in [0.4, 0.5) is 0 Å². The highest BCUT2D eigenvalue weighted by molar-refractivity contribution is 5.80. The first-order valence-corrected chi connectivity index (χ1v) is 10.0. The largest absolute Gasteiger partial charge is 0.491 e. The van der Waals surface area contributed by atoms with E-state index in [1.54, 1.807) is 0 Å². The van der Waals surface area contributed by atoms with Crippen molar-refractivity contribution in [3.63, 3.8) is 0 Å². The Kier molecular flexibility index (Phi) is 6.27. The Labute approximate surface area is 168 Å². The summed E-state index contributed by atoms with van der Waals surface area (Å²) in [7, 11) is 3.81. The van der Waals surface area contributed by atoms with Crippen LogP contribution >= 0.6 is 0 Å². The molecule has 0 radical (unpaired) electrons. The lowest BCUT2D eigenvalue weighted by atomic mass is 9.86. The van der Waals surface area contributed by atoms with E-state index in [2.05, 4.69) is 59.4 Å². The van der Waals surface area contributed by atoms with Crippen LogP contribution in [0.2, 0.25) is 0 Å². The van der Waals surface area contributed by atoms with Crippen molar-refractivity contribution in [2.45, 2.75) is 38.5 Å². The zero-order chi connectivity index (χ0) is 20.1. The van der Waals surface area contributed by atoms with E-state index in [9.17, 15) is 0 Å². The summed E-state index contributed by atoms with van der Waals surface area (Å²) in [4.78, 5) is 6.78. The van der Waals surface area contributed by atoms with Gasteiger partial charge in [-0.05, 0) is 29.0 Å². The van der Waals surface area contributed by atoms with Gasteiger partial charge in [0.25, 0.3) is 0 Å². The minimum atomic E-state index is 0.0664. The van der Waals surface area contributed by atoms with Gasteiger partial charge in [-0.15, -0.1) is 0 Å². The molecule has 0 aliphatic carbocycles. The number of hydrogen-bond donors (Lipinski definition) is 1. The van der Waals surface area contributed by atoms with E-state index in [0.29, 0.717) is 12.5 Å². The van der Waals surface area contributed by atoms with Crippen molar-refractivity contribution >= 4 is 5.96 Å². The van der Waals surface area contributed by atoms with E-state index in [-0.39, 0.29) is 5.41 Å². The van der Waals surface area contributed by atoms with Gasteiger partial charge in [-0.2, -0.15) is 5.10 Å². The predicted octanol–water partition coefficient (Wildman–Crippen LogP) is 3.16. The normalized spacial score (nSPS) is 17.8. The first-order valence-electron chi connectivity index (χ1n) is 10.0. The molecule has 1 aliphatic heterocycles. The fraction of sp³-hybridized carbons (Fsp3) is 0.545. The Morgan fingerprint density at radius 1 is 1.32 bits per heavy atom. The summed E-state index contributed by atoms with van der Waals surface area (Å²) in [5.74, 6) is 2.42. The summed E-state index contributed by atoms with van der Waals surface area (Å²) in [5.41, 5.74) is 2.61. The van der Waals surface area contributed by atoms with E-state index in [1.807, 2.05) is 37.1 Å². The second-order valence-electron chi connectivity index (χ2n) is 8.45. The molecule has 0 spiro atoms. The van der Waals surface area contributed by atoms with Crippen molar-refractivity contribution in [2.24, 2.45) is 12.0 Å². The molecule has 6 heteroatoms.